The van der Waals surface area contributed by atoms with Gasteiger partial charge in [0.15, 0.2) is 0 Å². The first-order chi connectivity index (χ1) is 19.4. The molecule has 0 aliphatic carbocycles. The van der Waals surface area contributed by atoms with E-state index in [1.165, 1.54) is 4.90 Å². The van der Waals surface area contributed by atoms with Crippen LogP contribution in [0.15, 0.2) is 71.6 Å². The van der Waals surface area contributed by atoms with Crippen LogP contribution in [-0.2, 0) is 26.2 Å². The summed E-state index contributed by atoms with van der Waals surface area (Å²) in [6.45, 7) is 11.1. The van der Waals surface area contributed by atoms with E-state index >= 15 is 0 Å². The van der Waals surface area contributed by atoms with Gasteiger partial charge in [0.05, 0.1) is 10.6 Å². The molecule has 1 N–H and O–H groups in total. The van der Waals surface area contributed by atoms with Gasteiger partial charge in [-0.15, -0.1) is 0 Å². The molecule has 0 spiro atoms. The van der Waals surface area contributed by atoms with Crippen molar-refractivity contribution in [2.24, 2.45) is 0 Å². The molecule has 220 valence electrons. The van der Waals surface area contributed by atoms with Gasteiger partial charge in [-0.05, 0) is 93.6 Å². The van der Waals surface area contributed by atoms with Crippen LogP contribution < -0.4 is 9.62 Å². The third-order valence-electron chi connectivity index (χ3n) is 7.32. The Balaban J connectivity index is 2.08. The molecule has 41 heavy (non-hydrogen) atoms. The van der Waals surface area contributed by atoms with E-state index in [0.29, 0.717) is 17.1 Å². The van der Waals surface area contributed by atoms with Crippen LogP contribution in [0.4, 0.5) is 5.69 Å². The van der Waals surface area contributed by atoms with Gasteiger partial charge in [-0.3, -0.25) is 13.9 Å². The highest BCUT2D eigenvalue weighted by atomic mass is 35.5. The van der Waals surface area contributed by atoms with E-state index in [1.54, 1.807) is 60.7 Å². The Morgan fingerprint density at radius 1 is 0.878 bits per heavy atom. The van der Waals surface area contributed by atoms with Crippen molar-refractivity contribution >= 4 is 39.1 Å². The number of rotatable bonds is 12. The first-order valence-corrected chi connectivity index (χ1v) is 15.7. The lowest BCUT2D eigenvalue weighted by Gasteiger charge is -2.34. The van der Waals surface area contributed by atoms with Gasteiger partial charge in [0.25, 0.3) is 10.0 Å². The molecule has 3 rings (SSSR count). The summed E-state index contributed by atoms with van der Waals surface area (Å²) in [6, 6.07) is 18.0. The average molecular weight is 598 g/mol. The zero-order valence-electron chi connectivity index (χ0n) is 24.6. The molecule has 2 amide bonds. The van der Waals surface area contributed by atoms with Crippen molar-refractivity contribution in [3.8, 4) is 0 Å². The molecule has 0 aliphatic heterocycles. The normalized spacial score (nSPS) is 12.9. The number of aryl methyl sites for hydroxylation is 3. The van der Waals surface area contributed by atoms with Crippen LogP contribution in [0.1, 0.15) is 55.9 Å². The molecule has 7 nitrogen and oxygen atoms in total. The molecule has 0 fully saturated rings. The van der Waals surface area contributed by atoms with Crippen molar-refractivity contribution in [3.63, 3.8) is 0 Å². The fourth-order valence-corrected chi connectivity index (χ4v) is 5.93. The number of benzene rings is 3. The highest BCUT2D eigenvalue weighted by molar-refractivity contribution is 7.92. The molecule has 2 atom stereocenters. The number of halogens is 1. The van der Waals surface area contributed by atoms with E-state index in [2.05, 4.69) is 5.32 Å². The maximum Gasteiger partial charge on any atom is 0.264 e. The SMILES string of the molecule is CC[C@H](C)NC(=O)[C@H](CC)N(Cc1ccc(Cl)cc1)C(=O)CN(c1ccc(C)c(C)c1)S(=O)(=O)c1ccc(C)cc1. The molecule has 3 aromatic carbocycles. The number of sulfonamides is 1. The van der Waals surface area contributed by atoms with Crippen molar-refractivity contribution in [1.29, 1.82) is 0 Å². The summed E-state index contributed by atoms with van der Waals surface area (Å²) in [6.07, 6.45) is 1.10. The fraction of sp³-hybridized carbons (Fsp3) is 0.375. The van der Waals surface area contributed by atoms with E-state index in [9.17, 15) is 18.0 Å². The van der Waals surface area contributed by atoms with Crippen LogP contribution in [-0.4, -0.2) is 43.8 Å². The summed E-state index contributed by atoms with van der Waals surface area (Å²) in [5, 5.41) is 3.54. The third kappa shape index (κ3) is 8.11. The van der Waals surface area contributed by atoms with Gasteiger partial charge in [0.1, 0.15) is 12.6 Å². The minimum atomic E-state index is -4.12. The lowest BCUT2D eigenvalue weighted by Crippen LogP contribution is -2.53. The van der Waals surface area contributed by atoms with Gasteiger partial charge in [0, 0.05) is 17.6 Å². The van der Waals surface area contributed by atoms with Gasteiger partial charge in [-0.1, -0.05) is 61.3 Å². The van der Waals surface area contributed by atoms with Crippen LogP contribution in [0.5, 0.6) is 0 Å². The molecule has 9 heteroatoms. The molecule has 0 aromatic heterocycles. The van der Waals surface area contributed by atoms with Crippen LogP contribution in [0.2, 0.25) is 5.02 Å². The van der Waals surface area contributed by atoms with Gasteiger partial charge in [-0.2, -0.15) is 0 Å². The Bertz CT molecular complexity index is 1460. The van der Waals surface area contributed by atoms with Gasteiger partial charge < -0.3 is 10.2 Å². The quantitative estimate of drug-likeness (QED) is 0.270. The second-order valence-electron chi connectivity index (χ2n) is 10.5. The predicted octanol–water partition coefficient (Wildman–Crippen LogP) is 6.18. The number of carbonyl (C=O) groups is 2. The van der Waals surface area contributed by atoms with Crippen molar-refractivity contribution in [2.45, 2.75) is 77.9 Å². The predicted molar refractivity (Wildman–Crippen MR) is 166 cm³/mol. The fourth-order valence-electron chi connectivity index (χ4n) is 4.39. The molecule has 0 aliphatic rings. The summed E-state index contributed by atoms with van der Waals surface area (Å²) in [4.78, 5) is 29.1. The largest absolute Gasteiger partial charge is 0.352 e. The van der Waals surface area contributed by atoms with Crippen LogP contribution in [0, 0.1) is 20.8 Å². The van der Waals surface area contributed by atoms with E-state index in [-0.39, 0.29) is 23.4 Å². The molecule has 0 radical (unpaired) electrons. The first kappa shape index (κ1) is 32.2. The van der Waals surface area contributed by atoms with Gasteiger partial charge in [-0.25, -0.2) is 8.42 Å². The Morgan fingerprint density at radius 2 is 1.51 bits per heavy atom. The zero-order valence-corrected chi connectivity index (χ0v) is 26.2. The second-order valence-corrected chi connectivity index (χ2v) is 12.8. The summed E-state index contributed by atoms with van der Waals surface area (Å²) in [5.74, 6) is -0.761. The summed E-state index contributed by atoms with van der Waals surface area (Å²) in [7, 11) is -4.12. The van der Waals surface area contributed by atoms with Gasteiger partial charge >= 0.3 is 0 Å². The molecular formula is C32H40ClN3O4S. The van der Waals surface area contributed by atoms with E-state index < -0.39 is 28.5 Å². The Hall–Kier alpha value is -3.36. The highest BCUT2D eigenvalue weighted by Gasteiger charge is 2.34. The number of hydrogen-bond donors (Lipinski definition) is 1. The maximum absolute atomic E-state index is 14.2. The molecule has 3 aromatic rings. The number of amides is 2. The highest BCUT2D eigenvalue weighted by Crippen LogP contribution is 2.27. The summed E-state index contributed by atoms with van der Waals surface area (Å²) in [5.41, 5.74) is 3.98. The van der Waals surface area contributed by atoms with Crippen molar-refractivity contribution < 1.29 is 18.0 Å². The van der Waals surface area contributed by atoms with Crippen LogP contribution in [0.3, 0.4) is 0 Å². The monoisotopic (exact) mass is 597 g/mol. The minimum absolute atomic E-state index is 0.0713. The van der Waals surface area contributed by atoms with Crippen molar-refractivity contribution in [1.82, 2.24) is 10.2 Å². The zero-order chi connectivity index (χ0) is 30.3. The van der Waals surface area contributed by atoms with E-state index in [1.807, 2.05) is 47.6 Å². The van der Waals surface area contributed by atoms with Crippen molar-refractivity contribution in [3.05, 3.63) is 94.0 Å². The first-order valence-electron chi connectivity index (χ1n) is 13.9. The third-order valence-corrected chi connectivity index (χ3v) is 9.36. The molecule has 0 unspecified atom stereocenters. The Morgan fingerprint density at radius 3 is 2.07 bits per heavy atom. The topological polar surface area (TPSA) is 86.8 Å². The minimum Gasteiger partial charge on any atom is -0.352 e. The Labute approximate surface area is 249 Å². The Kier molecular flexibility index (Phi) is 11.0. The molecular weight excluding hydrogens is 558 g/mol. The lowest BCUT2D eigenvalue weighted by atomic mass is 10.1. The van der Waals surface area contributed by atoms with Crippen molar-refractivity contribution in [2.75, 3.05) is 10.8 Å². The molecule has 0 heterocycles. The molecule has 0 bridgehead atoms. The number of carbonyl (C=O) groups excluding carboxylic acids is 2. The average Bonchev–Trinajstić information content (AvgIpc) is 2.94. The van der Waals surface area contributed by atoms with Crippen LogP contribution in [0.25, 0.3) is 0 Å². The molecule has 0 saturated carbocycles. The van der Waals surface area contributed by atoms with E-state index in [0.717, 1.165) is 33.0 Å². The number of nitrogens with zero attached hydrogens (tertiary/aromatic N) is 2. The van der Waals surface area contributed by atoms with Crippen LogP contribution >= 0.6 is 11.6 Å². The standard InChI is InChI=1S/C32H40ClN3O4S/c1-7-25(6)34-32(38)30(8-2)35(20-26-12-14-27(33)15-13-26)31(37)21-36(28-16-11-23(4)24(5)19-28)41(39,40)29-17-9-22(3)10-18-29/h9-19,25,30H,7-8,20-21H2,1-6H3,(H,34,38)/t25-,30-/m0/s1. The van der Waals surface area contributed by atoms with E-state index in [4.69, 9.17) is 11.6 Å². The second kappa shape index (κ2) is 14.0. The maximum atomic E-state index is 14.2. The molecule has 0 saturated heterocycles. The lowest BCUT2D eigenvalue weighted by molar-refractivity contribution is -0.140. The van der Waals surface area contributed by atoms with Gasteiger partial charge in [0.2, 0.25) is 11.8 Å². The summed E-state index contributed by atoms with van der Waals surface area (Å²) < 4.78 is 29.2. The smallest absolute Gasteiger partial charge is 0.264 e. The number of nitrogens with one attached hydrogen (secondary N) is 1. The number of hydrogen-bond acceptors (Lipinski definition) is 4. The summed E-state index contributed by atoms with van der Waals surface area (Å²) >= 11 is 6.08. The number of anilines is 1.